The Hall–Kier alpha value is -7.81. The van der Waals surface area contributed by atoms with Crippen molar-refractivity contribution < 1.29 is 8.83 Å². The van der Waals surface area contributed by atoms with E-state index in [1.807, 2.05) is 0 Å². The van der Waals surface area contributed by atoms with Crippen LogP contribution in [0.4, 0.5) is 34.1 Å². The Morgan fingerprint density at radius 1 is 0.387 bits per heavy atom. The van der Waals surface area contributed by atoms with Gasteiger partial charge in [-0.2, -0.15) is 5.26 Å². The van der Waals surface area contributed by atoms with E-state index in [0.717, 1.165) is 88.4 Å². The smallest absolute Gasteiger partial charge is 0.157 e. The summed E-state index contributed by atoms with van der Waals surface area (Å²) >= 11 is 0. The SMILES string of the molecule is Cc1cc(C)cc(N(c2ccc3cc4c(cc3c2)oc2c(C#N)c3oc5cc6cc(N(c7cc(C)cc(C)c7)c7ccccc7C)ccc6cc5c3cc24)c2ccccc2C)c1. The van der Waals surface area contributed by atoms with Gasteiger partial charge < -0.3 is 18.6 Å². The molecule has 5 nitrogen and oxygen atoms in total. The van der Waals surface area contributed by atoms with Gasteiger partial charge in [0.2, 0.25) is 0 Å². The predicted molar refractivity (Wildman–Crippen MR) is 259 cm³/mol. The van der Waals surface area contributed by atoms with Crippen molar-refractivity contribution in [3.63, 3.8) is 0 Å². The highest BCUT2D eigenvalue weighted by Crippen LogP contribution is 2.45. The second-order valence-corrected chi connectivity index (χ2v) is 17.0. The fourth-order valence-corrected chi connectivity index (χ4v) is 9.62. The molecule has 0 amide bonds. The van der Waals surface area contributed by atoms with E-state index in [9.17, 15) is 5.26 Å². The van der Waals surface area contributed by atoms with Crippen LogP contribution in [-0.4, -0.2) is 0 Å². The fourth-order valence-electron chi connectivity index (χ4n) is 9.62. The van der Waals surface area contributed by atoms with Crippen molar-refractivity contribution in [2.75, 3.05) is 9.80 Å². The summed E-state index contributed by atoms with van der Waals surface area (Å²) in [5.41, 5.74) is 16.8. The van der Waals surface area contributed by atoms with E-state index in [0.29, 0.717) is 16.7 Å². The molecule has 298 valence electrons. The first-order valence-corrected chi connectivity index (χ1v) is 21.1. The van der Waals surface area contributed by atoms with Crippen LogP contribution in [0.3, 0.4) is 0 Å². The summed E-state index contributed by atoms with van der Waals surface area (Å²) in [6, 6.07) is 56.8. The molecule has 11 aromatic rings. The van der Waals surface area contributed by atoms with Gasteiger partial charge in [-0.1, -0.05) is 60.7 Å². The first-order chi connectivity index (χ1) is 30.1. The molecule has 0 saturated heterocycles. The van der Waals surface area contributed by atoms with Gasteiger partial charge >= 0.3 is 0 Å². The quantitative estimate of drug-likeness (QED) is 0.168. The number of anilines is 6. The Balaban J connectivity index is 1.05. The Labute approximate surface area is 360 Å². The number of hydrogen-bond donors (Lipinski definition) is 0. The molecule has 0 atom stereocenters. The minimum Gasteiger partial charge on any atom is -0.454 e. The predicted octanol–water partition coefficient (Wildman–Crippen LogP) is 16.5. The van der Waals surface area contributed by atoms with Crippen molar-refractivity contribution in [3.8, 4) is 6.07 Å². The van der Waals surface area contributed by atoms with Gasteiger partial charge in [-0.05, 0) is 187 Å². The third kappa shape index (κ3) is 6.06. The van der Waals surface area contributed by atoms with Crippen molar-refractivity contribution in [3.05, 3.63) is 191 Å². The van der Waals surface area contributed by atoms with Gasteiger partial charge in [-0.15, -0.1) is 0 Å². The normalized spacial score (nSPS) is 11.7. The Morgan fingerprint density at radius 2 is 0.806 bits per heavy atom. The monoisotopic (exact) mass is 801 g/mol. The molecule has 62 heavy (non-hydrogen) atoms. The summed E-state index contributed by atoms with van der Waals surface area (Å²) in [5.74, 6) is 0. The largest absolute Gasteiger partial charge is 0.454 e. The van der Waals surface area contributed by atoms with Crippen LogP contribution >= 0.6 is 0 Å². The van der Waals surface area contributed by atoms with Crippen molar-refractivity contribution in [1.29, 1.82) is 5.26 Å². The molecule has 0 bridgehead atoms. The van der Waals surface area contributed by atoms with E-state index >= 15 is 0 Å². The van der Waals surface area contributed by atoms with Crippen LogP contribution in [0.25, 0.3) is 65.4 Å². The maximum Gasteiger partial charge on any atom is 0.157 e. The first-order valence-electron chi connectivity index (χ1n) is 21.1. The summed E-state index contributed by atoms with van der Waals surface area (Å²) < 4.78 is 13.3. The molecule has 11 rings (SSSR count). The maximum absolute atomic E-state index is 10.7. The number of para-hydroxylation sites is 2. The Kier molecular flexibility index (Phi) is 8.49. The van der Waals surface area contributed by atoms with Crippen LogP contribution in [-0.2, 0) is 0 Å². The molecule has 0 N–H and O–H groups in total. The summed E-state index contributed by atoms with van der Waals surface area (Å²) in [7, 11) is 0. The fraction of sp³-hybridized carbons (Fsp3) is 0.105. The summed E-state index contributed by atoms with van der Waals surface area (Å²) in [5, 5.41) is 18.7. The van der Waals surface area contributed by atoms with Crippen molar-refractivity contribution in [2.45, 2.75) is 41.5 Å². The first kappa shape index (κ1) is 37.2. The minimum atomic E-state index is 0.403. The molecule has 0 spiro atoms. The highest BCUT2D eigenvalue weighted by molar-refractivity contribution is 6.20. The lowest BCUT2D eigenvalue weighted by Gasteiger charge is -2.28. The van der Waals surface area contributed by atoms with Crippen LogP contribution in [0.5, 0.6) is 0 Å². The van der Waals surface area contributed by atoms with E-state index in [4.69, 9.17) is 8.83 Å². The highest BCUT2D eigenvalue weighted by Gasteiger charge is 2.23. The topological polar surface area (TPSA) is 56.6 Å². The van der Waals surface area contributed by atoms with Gasteiger partial charge in [-0.25, -0.2) is 0 Å². The van der Waals surface area contributed by atoms with E-state index in [1.54, 1.807) is 0 Å². The van der Waals surface area contributed by atoms with Crippen LogP contribution in [0.1, 0.15) is 38.9 Å². The number of hydrogen-bond acceptors (Lipinski definition) is 5. The molecule has 0 unspecified atom stereocenters. The van der Waals surface area contributed by atoms with Crippen molar-refractivity contribution >= 4 is 99.5 Å². The van der Waals surface area contributed by atoms with Crippen LogP contribution < -0.4 is 9.80 Å². The van der Waals surface area contributed by atoms with E-state index < -0.39 is 0 Å². The number of furan rings is 2. The van der Waals surface area contributed by atoms with E-state index in [1.165, 1.54) is 33.4 Å². The lowest BCUT2D eigenvalue weighted by atomic mass is 10.0. The molecule has 0 radical (unpaired) electrons. The zero-order valence-corrected chi connectivity index (χ0v) is 35.6. The molecule has 0 saturated carbocycles. The molecular weight excluding hydrogens is 759 g/mol. The molecule has 0 aliphatic rings. The molecule has 2 aromatic heterocycles. The minimum absolute atomic E-state index is 0.403. The molecule has 0 aliphatic carbocycles. The van der Waals surface area contributed by atoms with Crippen LogP contribution in [0, 0.1) is 52.9 Å². The third-order valence-corrected chi connectivity index (χ3v) is 12.4. The zero-order valence-electron chi connectivity index (χ0n) is 35.6. The summed E-state index contributed by atoms with van der Waals surface area (Å²) in [4.78, 5) is 4.67. The number of nitriles is 1. The maximum atomic E-state index is 10.7. The molecular formula is C57H43N3O2. The van der Waals surface area contributed by atoms with Gasteiger partial charge in [0.15, 0.2) is 11.2 Å². The average molecular weight is 802 g/mol. The Morgan fingerprint density at radius 3 is 1.21 bits per heavy atom. The number of fused-ring (bicyclic) bond motifs is 8. The van der Waals surface area contributed by atoms with Gasteiger partial charge in [-0.3, -0.25) is 0 Å². The molecule has 5 heteroatoms. The molecule has 9 aromatic carbocycles. The van der Waals surface area contributed by atoms with Gasteiger partial charge in [0.1, 0.15) is 22.8 Å². The lowest BCUT2D eigenvalue weighted by Crippen LogP contribution is -2.11. The average Bonchev–Trinajstić information content (AvgIpc) is 3.78. The number of nitrogens with zero attached hydrogens (tertiary/aromatic N) is 3. The van der Waals surface area contributed by atoms with Crippen molar-refractivity contribution in [2.24, 2.45) is 0 Å². The zero-order chi connectivity index (χ0) is 42.4. The van der Waals surface area contributed by atoms with Crippen LogP contribution in [0.15, 0.2) is 160 Å². The number of benzene rings is 9. The summed E-state index contributed by atoms with van der Waals surface area (Å²) in [6.45, 7) is 12.9. The van der Waals surface area contributed by atoms with E-state index in [2.05, 4.69) is 209 Å². The van der Waals surface area contributed by atoms with Crippen molar-refractivity contribution in [1.82, 2.24) is 0 Å². The third-order valence-electron chi connectivity index (χ3n) is 12.4. The molecule has 2 heterocycles. The standard InChI is InChI=1S/C57H43N3O2/c1-33-19-34(2)22-45(21-33)59(52-13-9-7-11-37(52)5)43-17-15-39-27-47-49-31-50-48-28-40-16-18-44(60(53-14-10-8-12-38(53)6)46-23-35(3)20-36(4)24-46)26-42(40)30-55(48)62-57(50)51(32-58)56(49)61-54(47)29-41(39)25-43/h7-31H,1-6H3. The lowest BCUT2D eigenvalue weighted by molar-refractivity contribution is 0.654. The highest BCUT2D eigenvalue weighted by atomic mass is 16.3. The second kappa shape index (κ2) is 14.1. The van der Waals surface area contributed by atoms with Crippen LogP contribution in [0.2, 0.25) is 0 Å². The second-order valence-electron chi connectivity index (χ2n) is 17.0. The van der Waals surface area contributed by atoms with Gasteiger partial charge in [0.05, 0.1) is 0 Å². The number of rotatable bonds is 6. The summed E-state index contributed by atoms with van der Waals surface area (Å²) in [6.07, 6.45) is 0. The van der Waals surface area contributed by atoms with Gasteiger partial charge in [0, 0.05) is 55.7 Å². The van der Waals surface area contributed by atoms with E-state index in [-0.39, 0.29) is 0 Å². The Bertz CT molecular complexity index is 3420. The van der Waals surface area contributed by atoms with Gasteiger partial charge in [0.25, 0.3) is 0 Å². The molecule has 0 fully saturated rings. The molecule has 0 aliphatic heterocycles. The number of aryl methyl sites for hydroxylation is 6.